The Hall–Kier alpha value is -2.45. The van der Waals surface area contributed by atoms with Crippen LogP contribution in [0.1, 0.15) is 60.5 Å². The van der Waals surface area contributed by atoms with Crippen molar-refractivity contribution in [2.45, 2.75) is 60.5 Å². The van der Waals surface area contributed by atoms with E-state index in [9.17, 15) is 4.79 Å². The monoisotopic (exact) mass is 424 g/mol. The Bertz CT molecular complexity index is 650. The van der Waals surface area contributed by atoms with Gasteiger partial charge in [-0.25, -0.2) is 0 Å². The second kappa shape index (κ2) is 15.4. The molecular weight excluding hydrogens is 384 g/mol. The van der Waals surface area contributed by atoms with Crippen LogP contribution in [0.2, 0.25) is 0 Å². The molecule has 0 heterocycles. The maximum atomic E-state index is 10.7. The molecule has 1 aromatic rings. The molecule has 0 radical (unpaired) electrons. The fraction of sp³-hybridized carbons (Fsp3) is 0.591. The summed E-state index contributed by atoms with van der Waals surface area (Å²) in [5.74, 6) is 1.31. The van der Waals surface area contributed by atoms with Gasteiger partial charge in [-0.1, -0.05) is 27.7 Å². The van der Waals surface area contributed by atoms with Gasteiger partial charge >= 0.3 is 0 Å². The normalized spacial score (nSPS) is 12.2. The van der Waals surface area contributed by atoms with Crippen LogP contribution >= 0.6 is 0 Å². The third kappa shape index (κ3) is 13.7. The summed E-state index contributed by atoms with van der Waals surface area (Å²) in [5, 5.41) is 14.6. The molecule has 0 bridgehead atoms. The van der Waals surface area contributed by atoms with E-state index in [1.807, 2.05) is 53.7 Å². The Morgan fingerprint density at radius 3 is 2.03 bits per heavy atom. The van der Waals surface area contributed by atoms with E-state index in [1.165, 1.54) is 0 Å². The number of amidine groups is 2. The summed E-state index contributed by atoms with van der Waals surface area (Å²) in [4.78, 5) is 10.7. The number of aliphatic hydroxyl groups excluding tert-OH is 1. The van der Waals surface area contributed by atoms with Gasteiger partial charge in [-0.15, -0.1) is 10.2 Å². The SMILES string of the molecule is C/C(N)=N/N=C(\N)c1ccc(OC(C)(C)COCC(C)(C)CC=O)cc1.CC.CO. The van der Waals surface area contributed by atoms with Crippen molar-refractivity contribution in [1.82, 2.24) is 0 Å². The predicted octanol–water partition coefficient (Wildman–Crippen LogP) is 3.11. The van der Waals surface area contributed by atoms with Crippen molar-refractivity contribution >= 4 is 18.0 Å². The van der Waals surface area contributed by atoms with Gasteiger partial charge in [0.2, 0.25) is 0 Å². The van der Waals surface area contributed by atoms with Crippen LogP contribution in [0.4, 0.5) is 0 Å². The number of aldehydes is 1. The molecule has 0 spiro atoms. The highest BCUT2D eigenvalue weighted by atomic mass is 16.5. The third-order valence-corrected chi connectivity index (χ3v) is 3.44. The minimum Gasteiger partial charge on any atom is -0.485 e. The largest absolute Gasteiger partial charge is 0.485 e. The highest BCUT2D eigenvalue weighted by Gasteiger charge is 2.23. The van der Waals surface area contributed by atoms with Gasteiger partial charge in [-0.2, -0.15) is 0 Å². The third-order valence-electron chi connectivity index (χ3n) is 3.44. The van der Waals surface area contributed by atoms with E-state index in [1.54, 1.807) is 19.1 Å². The molecule has 0 saturated heterocycles. The Balaban J connectivity index is 0. The first-order valence-electron chi connectivity index (χ1n) is 9.93. The lowest BCUT2D eigenvalue weighted by Crippen LogP contribution is -2.35. The van der Waals surface area contributed by atoms with Gasteiger partial charge in [0.05, 0.1) is 13.2 Å². The van der Waals surface area contributed by atoms with Crippen LogP contribution < -0.4 is 16.2 Å². The molecule has 0 aliphatic rings. The average molecular weight is 425 g/mol. The molecule has 0 aliphatic heterocycles. The van der Waals surface area contributed by atoms with Gasteiger partial charge in [0.15, 0.2) is 5.84 Å². The second-order valence-electron chi connectivity index (χ2n) is 7.64. The zero-order valence-electron chi connectivity index (χ0n) is 19.7. The van der Waals surface area contributed by atoms with Crippen molar-refractivity contribution in [3.63, 3.8) is 0 Å². The Morgan fingerprint density at radius 2 is 1.57 bits per heavy atom. The fourth-order valence-corrected chi connectivity index (χ4v) is 2.09. The van der Waals surface area contributed by atoms with Gasteiger partial charge in [0.1, 0.15) is 23.5 Å². The number of hydrogen-bond acceptors (Lipinski definition) is 6. The number of aliphatic hydroxyl groups is 1. The average Bonchev–Trinajstić information content (AvgIpc) is 2.69. The van der Waals surface area contributed by atoms with E-state index in [0.29, 0.717) is 31.2 Å². The first-order chi connectivity index (χ1) is 14.0. The van der Waals surface area contributed by atoms with Crippen molar-refractivity contribution in [1.29, 1.82) is 0 Å². The number of rotatable bonds is 10. The minimum absolute atomic E-state index is 0.180. The van der Waals surface area contributed by atoms with Crippen LogP contribution in [0.5, 0.6) is 5.75 Å². The van der Waals surface area contributed by atoms with E-state index >= 15 is 0 Å². The quantitative estimate of drug-likeness (QED) is 0.229. The summed E-state index contributed by atoms with van der Waals surface area (Å²) < 4.78 is 11.7. The van der Waals surface area contributed by atoms with E-state index in [4.69, 9.17) is 26.0 Å². The van der Waals surface area contributed by atoms with E-state index in [0.717, 1.165) is 19.0 Å². The van der Waals surface area contributed by atoms with Gasteiger partial charge in [-0.05, 0) is 50.5 Å². The summed E-state index contributed by atoms with van der Waals surface area (Å²) in [6.07, 6.45) is 1.38. The smallest absolute Gasteiger partial charge is 0.153 e. The summed E-state index contributed by atoms with van der Waals surface area (Å²) in [6.45, 7) is 14.4. The number of carbonyl (C=O) groups excluding carboxylic acids is 1. The van der Waals surface area contributed by atoms with E-state index in [2.05, 4.69) is 10.2 Å². The molecule has 30 heavy (non-hydrogen) atoms. The standard InChI is InChI=1S/C19H30N4O3.C2H6.CH4O/c1-14(20)22-23-17(21)15-6-8-16(9-7-15)26-19(4,5)13-25-12-18(2,3)10-11-24;2*1-2/h6-9,11H,10,12-13H2,1-5H3,(H2,20,22)(H2,21,23);1-2H3;2H,1H3. The lowest BCUT2D eigenvalue weighted by molar-refractivity contribution is -0.110. The van der Waals surface area contributed by atoms with Crippen molar-refractivity contribution < 1.29 is 19.4 Å². The topological polar surface area (TPSA) is 133 Å². The molecule has 0 aliphatic carbocycles. The van der Waals surface area contributed by atoms with Gasteiger partial charge in [-0.3, -0.25) is 0 Å². The molecule has 0 fully saturated rings. The molecule has 0 atom stereocenters. The van der Waals surface area contributed by atoms with Gasteiger partial charge < -0.3 is 30.8 Å². The van der Waals surface area contributed by atoms with Gasteiger partial charge in [0.25, 0.3) is 0 Å². The van der Waals surface area contributed by atoms with Crippen LogP contribution in [0.15, 0.2) is 34.5 Å². The van der Waals surface area contributed by atoms with Crippen molar-refractivity contribution in [2.75, 3.05) is 20.3 Å². The lowest BCUT2D eigenvalue weighted by atomic mass is 9.91. The highest BCUT2D eigenvalue weighted by Crippen LogP contribution is 2.22. The predicted molar refractivity (Wildman–Crippen MR) is 124 cm³/mol. The molecule has 0 amide bonds. The minimum atomic E-state index is -0.515. The number of hydrogen-bond donors (Lipinski definition) is 3. The summed E-state index contributed by atoms with van der Waals surface area (Å²) >= 11 is 0. The Morgan fingerprint density at radius 1 is 1.03 bits per heavy atom. The maximum absolute atomic E-state index is 10.7. The number of ether oxygens (including phenoxy) is 2. The number of nitrogens with two attached hydrogens (primary N) is 2. The first-order valence-corrected chi connectivity index (χ1v) is 9.93. The van der Waals surface area contributed by atoms with Crippen LogP contribution in [0, 0.1) is 5.41 Å². The van der Waals surface area contributed by atoms with Crippen LogP contribution in [0.25, 0.3) is 0 Å². The molecular formula is C22H40N4O4. The first kappa shape index (κ1) is 29.7. The molecule has 0 aromatic heterocycles. The molecule has 1 aromatic carbocycles. The molecule has 5 N–H and O–H groups in total. The number of nitrogens with zero attached hydrogens (tertiary/aromatic N) is 2. The van der Waals surface area contributed by atoms with Crippen molar-refractivity contribution in [2.24, 2.45) is 27.1 Å². The highest BCUT2D eigenvalue weighted by molar-refractivity contribution is 5.97. The lowest BCUT2D eigenvalue weighted by Gasteiger charge is -2.29. The molecule has 8 heteroatoms. The molecule has 0 saturated carbocycles. The van der Waals surface area contributed by atoms with Crippen LogP contribution in [-0.2, 0) is 9.53 Å². The summed E-state index contributed by atoms with van der Waals surface area (Å²) in [5.41, 5.74) is 11.3. The Kier molecular flexibility index (Phi) is 15.3. The van der Waals surface area contributed by atoms with E-state index in [-0.39, 0.29) is 11.3 Å². The van der Waals surface area contributed by atoms with Crippen molar-refractivity contribution in [3.05, 3.63) is 29.8 Å². The summed E-state index contributed by atoms with van der Waals surface area (Å²) in [7, 11) is 1.00. The Labute approximate surface area is 181 Å². The molecule has 8 nitrogen and oxygen atoms in total. The van der Waals surface area contributed by atoms with Gasteiger partial charge in [0, 0.05) is 19.1 Å². The van der Waals surface area contributed by atoms with E-state index < -0.39 is 5.60 Å². The summed E-state index contributed by atoms with van der Waals surface area (Å²) in [6, 6.07) is 7.24. The van der Waals surface area contributed by atoms with Crippen LogP contribution in [0.3, 0.4) is 0 Å². The van der Waals surface area contributed by atoms with Crippen LogP contribution in [-0.4, -0.2) is 49.0 Å². The maximum Gasteiger partial charge on any atom is 0.153 e. The zero-order valence-corrected chi connectivity index (χ0v) is 19.7. The van der Waals surface area contributed by atoms with Crippen molar-refractivity contribution in [3.8, 4) is 5.75 Å². The zero-order chi connectivity index (χ0) is 23.8. The second-order valence-corrected chi connectivity index (χ2v) is 7.64. The number of benzene rings is 1. The molecule has 1 rings (SSSR count). The molecule has 172 valence electrons. The number of carbonyl (C=O) groups is 1. The fourth-order valence-electron chi connectivity index (χ4n) is 2.09. The molecule has 0 unspecified atom stereocenters.